The number of aliphatic carboxylic acids is 1. The summed E-state index contributed by atoms with van der Waals surface area (Å²) in [7, 11) is 0. The van der Waals surface area contributed by atoms with Gasteiger partial charge in [-0.3, -0.25) is 0 Å². The number of ether oxygens (including phenoxy) is 1. The van der Waals surface area contributed by atoms with Crippen molar-refractivity contribution < 1.29 is 14.6 Å². The van der Waals surface area contributed by atoms with E-state index in [2.05, 4.69) is 0 Å². The van der Waals surface area contributed by atoms with Crippen LogP contribution in [0.15, 0.2) is 30.3 Å². The summed E-state index contributed by atoms with van der Waals surface area (Å²) in [5, 5.41) is 8.46. The fourth-order valence-electron chi connectivity index (χ4n) is 1.09. The first-order valence-corrected chi connectivity index (χ1v) is 6.24. The normalized spacial score (nSPS) is 10.6. The minimum Gasteiger partial charge on any atom is -0.493 e. The molecule has 0 amide bonds. The van der Waals surface area contributed by atoms with Gasteiger partial charge in [0.15, 0.2) is 0 Å². The van der Waals surface area contributed by atoms with Crippen LogP contribution in [-0.4, -0.2) is 29.7 Å². The number of carboxylic acids is 1. The van der Waals surface area contributed by atoms with Crippen molar-refractivity contribution in [3.05, 3.63) is 35.9 Å². The minimum absolute atomic E-state index is 0.686. The molecule has 0 radical (unpaired) electrons. The van der Waals surface area contributed by atoms with Gasteiger partial charge in [-0.05, 0) is 30.0 Å². The molecule has 0 bridgehead atoms. The van der Waals surface area contributed by atoms with Gasteiger partial charge in [-0.25, -0.2) is 4.79 Å². The molecule has 0 aliphatic carbocycles. The lowest BCUT2D eigenvalue weighted by atomic mass is 10.2. The molecule has 0 aliphatic rings. The van der Waals surface area contributed by atoms with E-state index in [1.165, 1.54) is 0 Å². The van der Waals surface area contributed by atoms with E-state index in [1.54, 1.807) is 17.8 Å². The molecule has 1 rings (SSSR count). The lowest BCUT2D eigenvalue weighted by Crippen LogP contribution is -1.99. The molecule has 0 saturated heterocycles. The van der Waals surface area contributed by atoms with Crippen molar-refractivity contribution in [1.29, 1.82) is 0 Å². The lowest BCUT2D eigenvalue weighted by molar-refractivity contribution is -0.131. The smallest absolute Gasteiger partial charge is 0.328 e. The van der Waals surface area contributed by atoms with Gasteiger partial charge in [-0.15, -0.1) is 0 Å². The molecule has 0 saturated carbocycles. The van der Waals surface area contributed by atoms with E-state index in [9.17, 15) is 4.79 Å². The SMILES string of the molecule is CSCCOc1ccc(/C=C/C(=O)O)cc1. The van der Waals surface area contributed by atoms with Gasteiger partial charge in [0.25, 0.3) is 0 Å². The van der Waals surface area contributed by atoms with Gasteiger partial charge in [0.1, 0.15) is 5.75 Å². The standard InChI is InChI=1S/C12H14O3S/c1-16-9-8-15-11-5-2-10(3-6-11)4-7-12(13)14/h2-7H,8-9H2,1H3,(H,13,14)/b7-4+. The first-order valence-electron chi connectivity index (χ1n) is 4.85. The zero-order valence-corrected chi connectivity index (χ0v) is 9.87. The Morgan fingerprint density at radius 1 is 1.44 bits per heavy atom. The summed E-state index contributed by atoms with van der Waals surface area (Å²) in [6, 6.07) is 7.32. The first-order chi connectivity index (χ1) is 7.72. The maximum atomic E-state index is 10.3. The van der Waals surface area contributed by atoms with E-state index in [-0.39, 0.29) is 0 Å². The number of thioether (sulfide) groups is 1. The average Bonchev–Trinajstić information content (AvgIpc) is 2.28. The molecular formula is C12H14O3S. The Labute approximate surface area is 99.1 Å². The van der Waals surface area contributed by atoms with E-state index in [1.807, 2.05) is 30.5 Å². The van der Waals surface area contributed by atoms with Crippen molar-refractivity contribution in [2.45, 2.75) is 0 Å². The highest BCUT2D eigenvalue weighted by molar-refractivity contribution is 7.98. The molecule has 1 aromatic carbocycles. The van der Waals surface area contributed by atoms with Gasteiger partial charge in [0.05, 0.1) is 6.61 Å². The third kappa shape index (κ3) is 4.89. The lowest BCUT2D eigenvalue weighted by Gasteiger charge is -2.04. The highest BCUT2D eigenvalue weighted by Crippen LogP contribution is 2.13. The summed E-state index contributed by atoms with van der Waals surface area (Å²) >= 11 is 1.73. The average molecular weight is 238 g/mol. The van der Waals surface area contributed by atoms with E-state index < -0.39 is 5.97 Å². The zero-order chi connectivity index (χ0) is 11.8. The molecule has 86 valence electrons. The van der Waals surface area contributed by atoms with Crippen molar-refractivity contribution in [1.82, 2.24) is 0 Å². The number of hydrogen-bond donors (Lipinski definition) is 1. The summed E-state index contributed by atoms with van der Waals surface area (Å²) in [4.78, 5) is 10.3. The molecule has 16 heavy (non-hydrogen) atoms. The zero-order valence-electron chi connectivity index (χ0n) is 9.05. The van der Waals surface area contributed by atoms with Crippen molar-refractivity contribution in [2.75, 3.05) is 18.6 Å². The Balaban J connectivity index is 2.51. The summed E-state index contributed by atoms with van der Waals surface area (Å²) < 4.78 is 5.47. The van der Waals surface area contributed by atoms with Gasteiger partial charge in [0.2, 0.25) is 0 Å². The summed E-state index contributed by atoms with van der Waals surface area (Å²) in [5.74, 6) is 0.822. The van der Waals surface area contributed by atoms with Crippen LogP contribution in [0.3, 0.4) is 0 Å². The number of carbonyl (C=O) groups is 1. The van der Waals surface area contributed by atoms with Crippen LogP contribution in [0.2, 0.25) is 0 Å². The summed E-state index contributed by atoms with van der Waals surface area (Å²) in [5.41, 5.74) is 0.847. The second-order valence-electron chi connectivity index (χ2n) is 3.08. The van der Waals surface area contributed by atoms with Crippen molar-refractivity contribution in [3.8, 4) is 5.75 Å². The van der Waals surface area contributed by atoms with Crippen molar-refractivity contribution in [3.63, 3.8) is 0 Å². The van der Waals surface area contributed by atoms with Gasteiger partial charge >= 0.3 is 5.97 Å². The summed E-state index contributed by atoms with van der Waals surface area (Å²) in [6.07, 6.45) is 4.70. The van der Waals surface area contributed by atoms with Gasteiger partial charge in [-0.2, -0.15) is 11.8 Å². The molecule has 1 aromatic rings. The molecule has 0 atom stereocenters. The molecule has 0 fully saturated rings. The number of rotatable bonds is 6. The quantitative estimate of drug-likeness (QED) is 0.611. The summed E-state index contributed by atoms with van der Waals surface area (Å²) in [6.45, 7) is 0.686. The topological polar surface area (TPSA) is 46.5 Å². The maximum absolute atomic E-state index is 10.3. The van der Waals surface area contributed by atoms with Crippen LogP contribution in [0.25, 0.3) is 6.08 Å². The fraction of sp³-hybridized carbons (Fsp3) is 0.250. The Morgan fingerprint density at radius 2 is 2.12 bits per heavy atom. The largest absolute Gasteiger partial charge is 0.493 e. The Hall–Kier alpha value is -1.42. The van der Waals surface area contributed by atoms with E-state index in [4.69, 9.17) is 9.84 Å². The van der Waals surface area contributed by atoms with Crippen LogP contribution in [0.4, 0.5) is 0 Å². The highest BCUT2D eigenvalue weighted by atomic mass is 32.2. The minimum atomic E-state index is -0.944. The number of carboxylic acid groups (broad SMARTS) is 1. The second kappa shape index (κ2) is 6.95. The Bertz CT molecular complexity index is 357. The van der Waals surface area contributed by atoms with Crippen LogP contribution in [0, 0.1) is 0 Å². The third-order valence-corrected chi connectivity index (χ3v) is 2.43. The number of benzene rings is 1. The predicted octanol–water partition coefficient (Wildman–Crippen LogP) is 2.53. The highest BCUT2D eigenvalue weighted by Gasteiger charge is 1.94. The van der Waals surface area contributed by atoms with Gasteiger partial charge in [0, 0.05) is 11.8 Å². The molecule has 4 heteroatoms. The first kappa shape index (κ1) is 12.6. The van der Waals surface area contributed by atoms with Crippen LogP contribution in [0.1, 0.15) is 5.56 Å². The molecule has 0 aromatic heterocycles. The molecule has 3 nitrogen and oxygen atoms in total. The Morgan fingerprint density at radius 3 is 2.69 bits per heavy atom. The molecule has 0 heterocycles. The molecule has 0 spiro atoms. The van der Waals surface area contributed by atoms with Crippen LogP contribution >= 0.6 is 11.8 Å². The van der Waals surface area contributed by atoms with E-state index >= 15 is 0 Å². The molecule has 0 unspecified atom stereocenters. The van der Waals surface area contributed by atoms with E-state index in [0.717, 1.165) is 23.1 Å². The van der Waals surface area contributed by atoms with Gasteiger partial charge < -0.3 is 9.84 Å². The van der Waals surface area contributed by atoms with Crippen LogP contribution in [0.5, 0.6) is 5.75 Å². The Kier molecular flexibility index (Phi) is 5.50. The molecular weight excluding hydrogens is 224 g/mol. The predicted molar refractivity (Wildman–Crippen MR) is 67.0 cm³/mol. The number of hydrogen-bond acceptors (Lipinski definition) is 3. The maximum Gasteiger partial charge on any atom is 0.328 e. The fourth-order valence-corrected chi connectivity index (χ4v) is 1.34. The van der Waals surface area contributed by atoms with Crippen LogP contribution in [-0.2, 0) is 4.79 Å². The van der Waals surface area contributed by atoms with Crippen molar-refractivity contribution >= 4 is 23.8 Å². The third-order valence-electron chi connectivity index (χ3n) is 1.85. The molecule has 1 N–H and O–H groups in total. The monoisotopic (exact) mass is 238 g/mol. The van der Waals surface area contributed by atoms with E-state index in [0.29, 0.717) is 6.61 Å². The second-order valence-corrected chi connectivity index (χ2v) is 4.07. The van der Waals surface area contributed by atoms with Crippen LogP contribution < -0.4 is 4.74 Å². The van der Waals surface area contributed by atoms with Crippen molar-refractivity contribution in [2.24, 2.45) is 0 Å². The molecule has 0 aliphatic heterocycles. The van der Waals surface area contributed by atoms with Gasteiger partial charge in [-0.1, -0.05) is 12.1 Å².